The third-order valence-corrected chi connectivity index (χ3v) is 4.25. The van der Waals surface area contributed by atoms with Crippen molar-refractivity contribution in [3.8, 4) is 0 Å². The van der Waals surface area contributed by atoms with E-state index >= 15 is 0 Å². The van der Waals surface area contributed by atoms with Crippen molar-refractivity contribution < 1.29 is 50.9 Å². The smallest absolute Gasteiger partial charge is 0.475 e. The van der Waals surface area contributed by atoms with Crippen LogP contribution in [0.5, 0.6) is 0 Å². The van der Waals surface area contributed by atoms with Crippen molar-refractivity contribution in [2.75, 3.05) is 52.5 Å². The van der Waals surface area contributed by atoms with Crippen LogP contribution >= 0.6 is 0 Å². The number of ether oxygens (including phenoxy) is 1. The van der Waals surface area contributed by atoms with Crippen LogP contribution in [-0.4, -0.2) is 109 Å². The average molecular weight is 425 g/mol. The van der Waals surface area contributed by atoms with E-state index in [1.165, 1.54) is 39.3 Å². The first-order valence-electron chi connectivity index (χ1n) is 8.19. The number of aliphatic carboxylic acids is 2. The average Bonchev–Trinajstić information content (AvgIpc) is 2.45. The molecular weight excluding hydrogens is 404 g/mol. The fourth-order valence-corrected chi connectivity index (χ4v) is 2.43. The highest BCUT2D eigenvalue weighted by molar-refractivity contribution is 5.73. The van der Waals surface area contributed by atoms with Gasteiger partial charge in [0.1, 0.15) is 0 Å². The first-order valence-corrected chi connectivity index (χ1v) is 8.19. The van der Waals surface area contributed by atoms with Gasteiger partial charge >= 0.3 is 24.3 Å². The molecule has 164 valence electrons. The van der Waals surface area contributed by atoms with E-state index in [0.29, 0.717) is 0 Å². The fraction of sp³-hybridized carbons (Fsp3) is 0.857. The van der Waals surface area contributed by atoms with Gasteiger partial charge in [0, 0.05) is 45.3 Å². The molecule has 14 heteroatoms. The zero-order valence-corrected chi connectivity index (χ0v) is 14.6. The molecule has 8 nitrogen and oxygen atoms in total. The van der Waals surface area contributed by atoms with E-state index in [2.05, 4.69) is 15.1 Å². The number of halogens is 6. The molecule has 3 aliphatic rings. The predicted octanol–water partition coefficient (Wildman–Crippen LogP) is 0.241. The molecule has 0 bridgehead atoms. The van der Waals surface area contributed by atoms with Crippen LogP contribution in [0.3, 0.4) is 0 Å². The van der Waals surface area contributed by atoms with Crippen LogP contribution in [0.1, 0.15) is 0 Å². The Kier molecular flexibility index (Phi) is 8.91. The number of alkyl halides is 6. The van der Waals surface area contributed by atoms with Crippen molar-refractivity contribution >= 4 is 11.9 Å². The Hall–Kier alpha value is -1.64. The monoisotopic (exact) mass is 425 g/mol. The largest absolute Gasteiger partial charge is 0.490 e. The summed E-state index contributed by atoms with van der Waals surface area (Å²) in [6.45, 7) is 9.32. The van der Waals surface area contributed by atoms with Crippen molar-refractivity contribution in [1.29, 1.82) is 0 Å². The van der Waals surface area contributed by atoms with Crippen LogP contribution < -0.4 is 5.32 Å². The molecule has 3 aliphatic heterocycles. The Labute approximate surface area is 156 Å². The number of piperazine rings is 1. The summed E-state index contributed by atoms with van der Waals surface area (Å²) in [6, 6.07) is 1.56. The Morgan fingerprint density at radius 1 is 0.786 bits per heavy atom. The zero-order valence-electron chi connectivity index (χ0n) is 14.6. The van der Waals surface area contributed by atoms with Gasteiger partial charge in [0.2, 0.25) is 0 Å². The number of carboxylic acids is 2. The summed E-state index contributed by atoms with van der Waals surface area (Å²) in [5.41, 5.74) is 0. The van der Waals surface area contributed by atoms with Gasteiger partial charge in [0.05, 0.1) is 19.3 Å². The normalized spacial score (nSPS) is 21.9. The predicted molar refractivity (Wildman–Crippen MR) is 81.8 cm³/mol. The van der Waals surface area contributed by atoms with Crippen LogP contribution in [0.4, 0.5) is 26.3 Å². The maximum atomic E-state index is 10.6. The number of hydrogen-bond donors (Lipinski definition) is 3. The van der Waals surface area contributed by atoms with E-state index in [9.17, 15) is 26.3 Å². The van der Waals surface area contributed by atoms with Crippen LogP contribution in [-0.2, 0) is 14.3 Å². The fourth-order valence-electron chi connectivity index (χ4n) is 2.43. The van der Waals surface area contributed by atoms with E-state index in [0.717, 1.165) is 25.3 Å². The Morgan fingerprint density at radius 3 is 1.29 bits per heavy atom. The SMILES string of the molecule is C1NCC1N1CCN(C2COC2)CC1.O=C(O)C(F)(F)F.O=C(O)C(F)(F)F. The molecule has 0 aromatic rings. The van der Waals surface area contributed by atoms with Gasteiger partial charge in [-0.15, -0.1) is 0 Å². The van der Waals surface area contributed by atoms with Crippen LogP contribution in [0, 0.1) is 0 Å². The molecule has 0 amide bonds. The standard InChI is InChI=1S/C10H19N3O.2C2HF3O2/c1-3-13(10-7-14-8-10)4-2-12(1)9-5-11-6-9;2*3-2(4,5)1(6)7/h9-11H,1-8H2;2*(H,6,7). The van der Waals surface area contributed by atoms with Crippen molar-refractivity contribution in [3.63, 3.8) is 0 Å². The van der Waals surface area contributed by atoms with Gasteiger partial charge in [0.25, 0.3) is 0 Å². The molecule has 3 heterocycles. The number of nitrogens with one attached hydrogen (secondary N) is 1. The molecular formula is C14H21F6N3O5. The lowest BCUT2D eigenvalue weighted by atomic mass is 10.1. The van der Waals surface area contributed by atoms with E-state index < -0.39 is 24.3 Å². The van der Waals surface area contributed by atoms with Gasteiger partial charge in [-0.25, -0.2) is 9.59 Å². The highest BCUT2D eigenvalue weighted by Crippen LogP contribution is 2.16. The maximum absolute atomic E-state index is 10.6. The third-order valence-electron chi connectivity index (χ3n) is 4.25. The van der Waals surface area contributed by atoms with E-state index in [4.69, 9.17) is 24.5 Å². The highest BCUT2D eigenvalue weighted by atomic mass is 19.4. The number of nitrogens with zero attached hydrogens (tertiary/aromatic N) is 2. The molecule has 0 aromatic carbocycles. The van der Waals surface area contributed by atoms with Crippen LogP contribution in [0.15, 0.2) is 0 Å². The molecule has 3 saturated heterocycles. The Balaban J connectivity index is 0.000000240. The molecule has 0 unspecified atom stereocenters. The van der Waals surface area contributed by atoms with Crippen LogP contribution in [0.2, 0.25) is 0 Å². The lowest BCUT2D eigenvalue weighted by Gasteiger charge is -2.46. The first-order chi connectivity index (χ1) is 12.8. The van der Waals surface area contributed by atoms with Crippen molar-refractivity contribution in [2.45, 2.75) is 24.4 Å². The minimum absolute atomic E-state index is 0.733. The second kappa shape index (κ2) is 10.2. The Morgan fingerprint density at radius 2 is 1.11 bits per heavy atom. The molecule has 0 radical (unpaired) electrons. The van der Waals surface area contributed by atoms with Gasteiger partial charge in [-0.05, 0) is 0 Å². The van der Waals surface area contributed by atoms with E-state index in [-0.39, 0.29) is 0 Å². The second-order valence-electron chi connectivity index (χ2n) is 6.18. The van der Waals surface area contributed by atoms with Gasteiger partial charge < -0.3 is 20.3 Å². The summed E-state index contributed by atoms with van der Waals surface area (Å²) < 4.78 is 68.7. The molecule has 3 fully saturated rings. The number of hydrogen-bond acceptors (Lipinski definition) is 6. The number of carbonyl (C=O) groups is 2. The maximum Gasteiger partial charge on any atom is 0.490 e. The van der Waals surface area contributed by atoms with E-state index in [1.54, 1.807) is 0 Å². The highest BCUT2D eigenvalue weighted by Gasteiger charge is 2.39. The lowest BCUT2D eigenvalue weighted by molar-refractivity contribution is -0.193. The lowest BCUT2D eigenvalue weighted by Crippen LogP contribution is -2.63. The molecule has 0 aliphatic carbocycles. The van der Waals surface area contributed by atoms with Gasteiger partial charge in [-0.1, -0.05) is 0 Å². The molecule has 0 aromatic heterocycles. The van der Waals surface area contributed by atoms with Crippen LogP contribution in [0.25, 0.3) is 0 Å². The quantitative estimate of drug-likeness (QED) is 0.541. The number of carboxylic acid groups (broad SMARTS) is 2. The first kappa shape index (κ1) is 24.4. The second-order valence-corrected chi connectivity index (χ2v) is 6.18. The van der Waals surface area contributed by atoms with Crippen molar-refractivity contribution in [3.05, 3.63) is 0 Å². The summed E-state index contributed by atoms with van der Waals surface area (Å²) in [5.74, 6) is -5.51. The summed E-state index contributed by atoms with van der Waals surface area (Å²) in [4.78, 5) is 23.0. The molecule has 28 heavy (non-hydrogen) atoms. The minimum atomic E-state index is -5.08. The molecule has 3 rings (SSSR count). The summed E-state index contributed by atoms with van der Waals surface area (Å²) in [6.07, 6.45) is -10.2. The van der Waals surface area contributed by atoms with Gasteiger partial charge in [-0.2, -0.15) is 26.3 Å². The summed E-state index contributed by atoms with van der Waals surface area (Å²) >= 11 is 0. The van der Waals surface area contributed by atoms with Gasteiger partial charge in [-0.3, -0.25) is 9.80 Å². The van der Waals surface area contributed by atoms with Gasteiger partial charge in [0.15, 0.2) is 0 Å². The summed E-state index contributed by atoms with van der Waals surface area (Å²) in [5, 5.41) is 17.6. The number of rotatable bonds is 2. The summed E-state index contributed by atoms with van der Waals surface area (Å²) in [7, 11) is 0. The molecule has 0 atom stereocenters. The van der Waals surface area contributed by atoms with Crippen molar-refractivity contribution in [2.24, 2.45) is 0 Å². The zero-order chi connectivity index (χ0) is 21.5. The molecule has 0 saturated carbocycles. The minimum Gasteiger partial charge on any atom is -0.475 e. The topological polar surface area (TPSA) is 102 Å². The molecule has 0 spiro atoms. The third kappa shape index (κ3) is 8.16. The van der Waals surface area contributed by atoms with E-state index in [1.807, 2.05) is 0 Å². The Bertz CT molecular complexity index is 469. The van der Waals surface area contributed by atoms with Crippen molar-refractivity contribution in [1.82, 2.24) is 15.1 Å². The molecule has 3 N–H and O–H groups in total.